The third-order valence-electron chi connectivity index (χ3n) is 4.43. The van der Waals surface area contributed by atoms with Crippen molar-refractivity contribution in [2.75, 3.05) is 0 Å². The molecule has 0 atom stereocenters. The Kier molecular flexibility index (Phi) is 4.78. The Morgan fingerprint density at radius 2 is 1.83 bits per heavy atom. The topological polar surface area (TPSA) is 50.4 Å². The van der Waals surface area contributed by atoms with Crippen LogP contribution in [0.2, 0.25) is 0 Å². The third-order valence-corrected chi connectivity index (χ3v) is 5.50. The zero-order valence-corrected chi connectivity index (χ0v) is 14.7. The molecule has 23 heavy (non-hydrogen) atoms. The number of imidazole rings is 1. The maximum Gasteiger partial charge on any atom is 0.213 e. The Balaban J connectivity index is 2.06. The van der Waals surface area contributed by atoms with Crippen LogP contribution >= 0.6 is 11.3 Å². The highest BCUT2D eigenvalue weighted by atomic mass is 32.1. The molecule has 1 N–H and O–H groups in total. The van der Waals surface area contributed by atoms with E-state index in [1.54, 1.807) is 11.3 Å². The molecule has 0 spiro atoms. The highest BCUT2D eigenvalue weighted by Crippen LogP contribution is 2.31. The normalized spacial score (nSPS) is 11.7. The number of aromatic nitrogens is 3. The molecule has 0 unspecified atom stereocenters. The van der Waals surface area contributed by atoms with E-state index >= 15 is 0 Å². The van der Waals surface area contributed by atoms with Crippen molar-refractivity contribution in [3.05, 3.63) is 40.5 Å². The predicted molar refractivity (Wildman–Crippen MR) is 94.9 cm³/mol. The number of aryl methyl sites for hydroxylation is 1. The first-order chi connectivity index (χ1) is 11.2. The average molecular weight is 329 g/mol. The highest BCUT2D eigenvalue weighted by molar-refractivity contribution is 7.16. The number of aliphatic hydroxyl groups is 1. The lowest BCUT2D eigenvalue weighted by atomic mass is 10.1. The second kappa shape index (κ2) is 6.81. The molecule has 0 aliphatic carbocycles. The fourth-order valence-corrected chi connectivity index (χ4v) is 4.06. The number of hydrogen-bond donors (Lipinski definition) is 1. The molecule has 1 aromatic carbocycles. The van der Waals surface area contributed by atoms with Crippen LogP contribution in [0.5, 0.6) is 0 Å². The van der Waals surface area contributed by atoms with Crippen LogP contribution in [0.25, 0.3) is 16.2 Å². The van der Waals surface area contributed by atoms with Gasteiger partial charge >= 0.3 is 0 Å². The predicted octanol–water partition coefficient (Wildman–Crippen LogP) is 4.42. The summed E-state index contributed by atoms with van der Waals surface area (Å²) in [5, 5.41) is 15.7. The molecule has 0 saturated heterocycles. The molecular weight excluding hydrogens is 306 g/mol. The van der Waals surface area contributed by atoms with Gasteiger partial charge < -0.3 is 5.11 Å². The van der Waals surface area contributed by atoms with Gasteiger partial charge in [0.15, 0.2) is 0 Å². The molecule has 0 saturated carbocycles. The summed E-state index contributed by atoms with van der Waals surface area (Å²) >= 11 is 1.64. The van der Waals surface area contributed by atoms with Crippen molar-refractivity contribution in [3.63, 3.8) is 0 Å². The van der Waals surface area contributed by atoms with Gasteiger partial charge in [-0.25, -0.2) is 9.50 Å². The molecular formula is C18H23N3OS. The largest absolute Gasteiger partial charge is 0.390 e. The lowest BCUT2D eigenvalue weighted by Crippen LogP contribution is -2.00. The fraction of sp³-hybridized carbons (Fsp3) is 0.444. The van der Waals surface area contributed by atoms with Crippen molar-refractivity contribution < 1.29 is 5.11 Å². The average Bonchev–Trinajstić information content (AvgIpc) is 3.13. The van der Waals surface area contributed by atoms with E-state index in [1.165, 1.54) is 5.56 Å². The van der Waals surface area contributed by atoms with Gasteiger partial charge in [-0.1, -0.05) is 56.4 Å². The zero-order chi connectivity index (χ0) is 16.4. The van der Waals surface area contributed by atoms with Crippen molar-refractivity contribution in [3.8, 4) is 11.3 Å². The summed E-state index contributed by atoms with van der Waals surface area (Å²) in [6.07, 6.45) is 3.17. The van der Waals surface area contributed by atoms with Gasteiger partial charge in [0.2, 0.25) is 4.96 Å². The molecule has 5 heteroatoms. The van der Waals surface area contributed by atoms with Gasteiger partial charge in [0.25, 0.3) is 0 Å². The molecule has 4 nitrogen and oxygen atoms in total. The molecule has 0 aliphatic heterocycles. The van der Waals surface area contributed by atoms with E-state index in [-0.39, 0.29) is 6.61 Å². The Morgan fingerprint density at radius 3 is 2.39 bits per heavy atom. The quantitative estimate of drug-likeness (QED) is 0.728. The summed E-state index contributed by atoms with van der Waals surface area (Å²) in [6.45, 7) is 6.46. The minimum Gasteiger partial charge on any atom is -0.390 e. The van der Waals surface area contributed by atoms with Crippen molar-refractivity contribution >= 4 is 16.3 Å². The van der Waals surface area contributed by atoms with E-state index in [1.807, 2.05) is 4.52 Å². The maximum atomic E-state index is 9.83. The van der Waals surface area contributed by atoms with E-state index in [0.717, 1.165) is 46.2 Å². The molecule has 0 radical (unpaired) electrons. The number of benzene rings is 1. The minimum absolute atomic E-state index is 0.0574. The Labute approximate surface area is 140 Å². The number of rotatable bonds is 6. The highest BCUT2D eigenvalue weighted by Gasteiger charge is 2.20. The molecule has 0 amide bonds. The lowest BCUT2D eigenvalue weighted by Gasteiger charge is -2.07. The van der Waals surface area contributed by atoms with Crippen LogP contribution < -0.4 is 0 Å². The summed E-state index contributed by atoms with van der Waals surface area (Å²) < 4.78 is 1.82. The zero-order valence-electron chi connectivity index (χ0n) is 13.9. The first-order valence-corrected chi connectivity index (χ1v) is 9.11. The van der Waals surface area contributed by atoms with E-state index in [0.29, 0.717) is 5.92 Å². The van der Waals surface area contributed by atoms with Gasteiger partial charge in [0.05, 0.1) is 18.0 Å². The first kappa shape index (κ1) is 16.1. The van der Waals surface area contributed by atoms with Gasteiger partial charge in [-0.05, 0) is 24.8 Å². The number of aliphatic hydroxyl groups excluding tert-OH is 1. The van der Waals surface area contributed by atoms with Crippen LogP contribution in [0.4, 0.5) is 0 Å². The minimum atomic E-state index is -0.0574. The monoisotopic (exact) mass is 329 g/mol. The second-order valence-corrected chi connectivity index (χ2v) is 6.75. The van der Waals surface area contributed by atoms with Crippen LogP contribution in [0.1, 0.15) is 55.8 Å². The van der Waals surface area contributed by atoms with Gasteiger partial charge in [0.1, 0.15) is 5.01 Å². The standard InChI is InChI=1S/C18H23N3OS/c1-4-12-7-9-14(10-8-12)16-15(11-22)21-18(19-16)23-17(20-21)13(5-2)6-3/h7-10,13,22H,4-6,11H2,1-3H3. The first-order valence-electron chi connectivity index (χ1n) is 8.30. The Morgan fingerprint density at radius 1 is 1.13 bits per heavy atom. The van der Waals surface area contributed by atoms with Crippen LogP contribution in [0, 0.1) is 0 Å². The molecule has 3 aromatic rings. The summed E-state index contributed by atoms with van der Waals surface area (Å²) in [5.74, 6) is 0.473. The molecule has 2 aromatic heterocycles. The van der Waals surface area contributed by atoms with E-state index in [2.05, 4.69) is 45.0 Å². The summed E-state index contributed by atoms with van der Waals surface area (Å²) in [7, 11) is 0. The van der Waals surface area contributed by atoms with Crippen molar-refractivity contribution in [1.29, 1.82) is 0 Å². The molecule has 0 aliphatic rings. The van der Waals surface area contributed by atoms with Crippen molar-refractivity contribution in [1.82, 2.24) is 14.6 Å². The van der Waals surface area contributed by atoms with Crippen LogP contribution in [0.3, 0.4) is 0 Å². The third kappa shape index (κ3) is 2.91. The number of nitrogens with zero attached hydrogens (tertiary/aromatic N) is 3. The fourth-order valence-electron chi connectivity index (χ4n) is 2.88. The van der Waals surface area contributed by atoms with Crippen LogP contribution in [-0.2, 0) is 13.0 Å². The Hall–Kier alpha value is -1.72. The lowest BCUT2D eigenvalue weighted by molar-refractivity contribution is 0.275. The SMILES string of the molecule is CCc1ccc(-c2nc3sc(C(CC)CC)nn3c2CO)cc1. The van der Waals surface area contributed by atoms with Crippen molar-refractivity contribution in [2.24, 2.45) is 0 Å². The van der Waals surface area contributed by atoms with Gasteiger partial charge in [-0.2, -0.15) is 5.10 Å². The van der Waals surface area contributed by atoms with Gasteiger partial charge in [-0.3, -0.25) is 0 Å². The molecule has 3 rings (SSSR count). The number of fused-ring (bicyclic) bond motifs is 1. The number of hydrogen-bond acceptors (Lipinski definition) is 4. The summed E-state index contributed by atoms with van der Waals surface area (Å²) in [4.78, 5) is 5.61. The van der Waals surface area contributed by atoms with Gasteiger partial charge in [-0.15, -0.1) is 0 Å². The Bertz CT molecular complexity index is 785. The molecule has 122 valence electrons. The van der Waals surface area contributed by atoms with Crippen molar-refractivity contribution in [2.45, 2.75) is 52.6 Å². The van der Waals surface area contributed by atoms with E-state index < -0.39 is 0 Å². The summed E-state index contributed by atoms with van der Waals surface area (Å²) in [6, 6.07) is 8.39. The van der Waals surface area contributed by atoms with Crippen LogP contribution in [-0.4, -0.2) is 19.7 Å². The van der Waals surface area contributed by atoms with Gasteiger partial charge in [0, 0.05) is 11.5 Å². The smallest absolute Gasteiger partial charge is 0.213 e. The second-order valence-electron chi connectivity index (χ2n) is 5.76. The van der Waals surface area contributed by atoms with E-state index in [4.69, 9.17) is 10.1 Å². The summed E-state index contributed by atoms with van der Waals surface area (Å²) in [5.41, 5.74) is 3.95. The maximum absolute atomic E-state index is 9.83. The van der Waals surface area contributed by atoms with E-state index in [9.17, 15) is 5.11 Å². The molecule has 0 bridgehead atoms. The van der Waals surface area contributed by atoms with Crippen LogP contribution in [0.15, 0.2) is 24.3 Å². The molecule has 0 fully saturated rings. The molecule has 2 heterocycles.